The number of aliphatic hydroxyl groups excluding tert-OH is 1. The maximum atomic E-state index is 12.2. The van der Waals surface area contributed by atoms with E-state index in [4.69, 9.17) is 5.11 Å². The summed E-state index contributed by atoms with van der Waals surface area (Å²) in [6.07, 6.45) is 3.83. The summed E-state index contributed by atoms with van der Waals surface area (Å²) in [6.45, 7) is 4.88. The quantitative estimate of drug-likeness (QED) is 0.833. The Morgan fingerprint density at radius 1 is 1.48 bits per heavy atom. The van der Waals surface area contributed by atoms with Crippen LogP contribution in [-0.4, -0.2) is 48.2 Å². The summed E-state index contributed by atoms with van der Waals surface area (Å²) >= 11 is 1.39. The first-order valence-electron chi connectivity index (χ1n) is 7.42. The number of aliphatic hydroxyl groups is 1. The number of thiophene rings is 1. The van der Waals surface area contributed by atoms with Crippen LogP contribution in [0.25, 0.3) is 0 Å². The highest BCUT2D eigenvalue weighted by Gasteiger charge is 2.18. The molecule has 1 aromatic heterocycles. The molecule has 1 amide bonds. The molecular formula is C16H22N2O2S. The highest BCUT2D eigenvalue weighted by molar-refractivity contribution is 7.12. The highest BCUT2D eigenvalue weighted by Crippen LogP contribution is 2.16. The molecule has 0 bridgehead atoms. The number of amides is 1. The normalized spacial score (nSPS) is 16.9. The SMILES string of the molecule is CC(CNC(=O)c1sccc1C#CCO)N1CCCCC1. The van der Waals surface area contributed by atoms with Crippen LogP contribution >= 0.6 is 11.3 Å². The van der Waals surface area contributed by atoms with Crippen LogP contribution in [0.2, 0.25) is 0 Å². The molecule has 1 saturated heterocycles. The number of hydrogen-bond donors (Lipinski definition) is 2. The van der Waals surface area contributed by atoms with Crippen molar-refractivity contribution in [1.29, 1.82) is 0 Å². The third-order valence-electron chi connectivity index (χ3n) is 3.75. The zero-order valence-electron chi connectivity index (χ0n) is 12.4. The lowest BCUT2D eigenvalue weighted by molar-refractivity contribution is 0.0934. The number of nitrogens with one attached hydrogen (secondary N) is 1. The zero-order valence-corrected chi connectivity index (χ0v) is 13.2. The van der Waals surface area contributed by atoms with E-state index < -0.39 is 0 Å². The minimum Gasteiger partial charge on any atom is -0.384 e. The van der Waals surface area contributed by atoms with Crippen molar-refractivity contribution >= 4 is 17.2 Å². The summed E-state index contributed by atoms with van der Waals surface area (Å²) in [5.74, 6) is 5.33. The van der Waals surface area contributed by atoms with Crippen LogP contribution in [0.3, 0.4) is 0 Å². The van der Waals surface area contributed by atoms with Gasteiger partial charge in [-0.2, -0.15) is 0 Å². The molecule has 21 heavy (non-hydrogen) atoms. The van der Waals surface area contributed by atoms with Gasteiger partial charge in [-0.05, 0) is 44.3 Å². The number of nitrogens with zero attached hydrogens (tertiary/aromatic N) is 1. The van der Waals surface area contributed by atoms with Gasteiger partial charge in [0, 0.05) is 18.2 Å². The van der Waals surface area contributed by atoms with Crippen molar-refractivity contribution in [3.63, 3.8) is 0 Å². The molecule has 2 heterocycles. The van der Waals surface area contributed by atoms with Crippen LogP contribution in [0.5, 0.6) is 0 Å². The molecule has 114 valence electrons. The average Bonchev–Trinajstić information content (AvgIpc) is 2.99. The maximum Gasteiger partial charge on any atom is 0.262 e. The third-order valence-corrected chi connectivity index (χ3v) is 4.66. The molecule has 0 spiro atoms. The number of carbonyl (C=O) groups excluding carboxylic acids is 1. The van der Waals surface area contributed by atoms with E-state index in [1.807, 2.05) is 11.4 Å². The molecule has 0 saturated carbocycles. The number of hydrogen-bond acceptors (Lipinski definition) is 4. The molecule has 2 N–H and O–H groups in total. The summed E-state index contributed by atoms with van der Waals surface area (Å²) in [5, 5.41) is 13.6. The molecule has 0 aliphatic carbocycles. The second-order valence-corrected chi connectivity index (χ2v) is 6.20. The number of piperidine rings is 1. The fourth-order valence-corrected chi connectivity index (χ4v) is 3.29. The van der Waals surface area contributed by atoms with Gasteiger partial charge in [-0.1, -0.05) is 18.3 Å². The second-order valence-electron chi connectivity index (χ2n) is 5.28. The summed E-state index contributed by atoms with van der Waals surface area (Å²) in [6, 6.07) is 2.18. The largest absolute Gasteiger partial charge is 0.384 e. The Bertz CT molecular complexity index is 524. The Morgan fingerprint density at radius 3 is 2.95 bits per heavy atom. The van der Waals surface area contributed by atoms with Gasteiger partial charge < -0.3 is 10.4 Å². The summed E-state index contributed by atoms with van der Waals surface area (Å²) < 4.78 is 0. The van der Waals surface area contributed by atoms with Gasteiger partial charge in [-0.15, -0.1) is 11.3 Å². The first-order valence-corrected chi connectivity index (χ1v) is 8.30. The van der Waals surface area contributed by atoms with Gasteiger partial charge in [0.1, 0.15) is 11.5 Å². The van der Waals surface area contributed by atoms with Crippen molar-refractivity contribution in [2.75, 3.05) is 26.2 Å². The number of likely N-dealkylation sites (tertiary alicyclic amines) is 1. The molecule has 4 nitrogen and oxygen atoms in total. The van der Waals surface area contributed by atoms with E-state index in [1.165, 1.54) is 30.6 Å². The Kier molecular flexibility index (Phi) is 6.24. The second kappa shape index (κ2) is 8.18. The van der Waals surface area contributed by atoms with Gasteiger partial charge in [0.2, 0.25) is 0 Å². The molecule has 1 atom stereocenters. The molecule has 1 aromatic rings. The zero-order chi connectivity index (χ0) is 15.1. The maximum absolute atomic E-state index is 12.2. The van der Waals surface area contributed by atoms with Crippen LogP contribution in [-0.2, 0) is 0 Å². The monoisotopic (exact) mass is 306 g/mol. The molecule has 1 aliphatic heterocycles. The van der Waals surface area contributed by atoms with Gasteiger partial charge in [0.25, 0.3) is 5.91 Å². The Morgan fingerprint density at radius 2 is 2.24 bits per heavy atom. The Balaban J connectivity index is 1.88. The molecule has 2 rings (SSSR count). The van der Waals surface area contributed by atoms with Crippen LogP contribution in [0, 0.1) is 11.8 Å². The Hall–Kier alpha value is -1.35. The van der Waals surface area contributed by atoms with Crippen LogP contribution < -0.4 is 5.32 Å². The molecular weight excluding hydrogens is 284 g/mol. The predicted molar refractivity (Wildman–Crippen MR) is 85.5 cm³/mol. The van der Waals surface area contributed by atoms with Gasteiger partial charge in [-0.25, -0.2) is 0 Å². The average molecular weight is 306 g/mol. The van der Waals surface area contributed by atoms with Gasteiger partial charge in [-0.3, -0.25) is 9.69 Å². The van der Waals surface area contributed by atoms with E-state index in [-0.39, 0.29) is 12.5 Å². The standard InChI is InChI=1S/C16H22N2O2S/c1-13(18-8-3-2-4-9-18)12-17-16(20)15-14(6-5-10-19)7-11-21-15/h7,11,13,19H,2-4,8-10,12H2,1H3,(H,17,20). The van der Waals surface area contributed by atoms with E-state index in [1.54, 1.807) is 0 Å². The number of rotatable bonds is 4. The van der Waals surface area contributed by atoms with Crippen molar-refractivity contribution in [1.82, 2.24) is 10.2 Å². The van der Waals surface area contributed by atoms with Gasteiger partial charge in [0.05, 0.1) is 0 Å². The first-order chi connectivity index (χ1) is 10.2. The van der Waals surface area contributed by atoms with E-state index in [0.29, 0.717) is 23.0 Å². The molecule has 1 fully saturated rings. The fraction of sp³-hybridized carbons (Fsp3) is 0.562. The van der Waals surface area contributed by atoms with Crippen molar-refractivity contribution in [2.45, 2.75) is 32.2 Å². The predicted octanol–water partition coefficient (Wildman–Crippen LogP) is 1.70. The van der Waals surface area contributed by atoms with E-state index in [9.17, 15) is 4.79 Å². The van der Waals surface area contributed by atoms with Gasteiger partial charge >= 0.3 is 0 Å². The van der Waals surface area contributed by atoms with E-state index in [2.05, 4.69) is 29.0 Å². The smallest absolute Gasteiger partial charge is 0.262 e. The summed E-state index contributed by atoms with van der Waals surface area (Å²) in [7, 11) is 0. The summed E-state index contributed by atoms with van der Waals surface area (Å²) in [5.41, 5.74) is 0.692. The first kappa shape index (κ1) is 16.0. The Labute approximate surface area is 130 Å². The number of carbonyl (C=O) groups is 1. The van der Waals surface area contributed by atoms with E-state index >= 15 is 0 Å². The lowest BCUT2D eigenvalue weighted by atomic mass is 10.1. The minimum atomic E-state index is -0.192. The minimum absolute atomic E-state index is 0.0731. The lowest BCUT2D eigenvalue weighted by Gasteiger charge is -2.32. The van der Waals surface area contributed by atoms with Gasteiger partial charge in [0.15, 0.2) is 0 Å². The van der Waals surface area contributed by atoms with Crippen molar-refractivity contribution in [3.05, 3.63) is 21.9 Å². The van der Waals surface area contributed by atoms with Crippen LogP contribution in [0.15, 0.2) is 11.4 Å². The van der Waals surface area contributed by atoms with Crippen LogP contribution in [0.1, 0.15) is 41.4 Å². The molecule has 0 radical (unpaired) electrons. The van der Waals surface area contributed by atoms with E-state index in [0.717, 1.165) is 13.1 Å². The third kappa shape index (κ3) is 4.57. The molecule has 0 aromatic carbocycles. The van der Waals surface area contributed by atoms with Crippen molar-refractivity contribution in [3.8, 4) is 11.8 Å². The lowest BCUT2D eigenvalue weighted by Crippen LogP contribution is -2.44. The van der Waals surface area contributed by atoms with Crippen LogP contribution in [0.4, 0.5) is 0 Å². The van der Waals surface area contributed by atoms with Crippen molar-refractivity contribution in [2.24, 2.45) is 0 Å². The molecule has 5 heteroatoms. The highest BCUT2D eigenvalue weighted by atomic mass is 32.1. The molecule has 1 unspecified atom stereocenters. The van der Waals surface area contributed by atoms with Crippen molar-refractivity contribution < 1.29 is 9.90 Å². The molecule has 1 aliphatic rings. The summed E-state index contributed by atoms with van der Waals surface area (Å²) in [4.78, 5) is 15.3. The fourth-order valence-electron chi connectivity index (χ4n) is 2.53. The topological polar surface area (TPSA) is 52.6 Å².